The third-order valence-corrected chi connectivity index (χ3v) is 5.78. The van der Waals surface area contributed by atoms with Gasteiger partial charge in [0.1, 0.15) is 0 Å². The van der Waals surface area contributed by atoms with Gasteiger partial charge in [0.25, 0.3) is 0 Å². The van der Waals surface area contributed by atoms with Crippen molar-refractivity contribution in [1.29, 1.82) is 0 Å². The molecule has 2 aromatic rings. The molecule has 1 aliphatic rings. The Morgan fingerprint density at radius 3 is 2.43 bits per heavy atom. The van der Waals surface area contributed by atoms with Crippen LogP contribution < -0.4 is 4.72 Å². The van der Waals surface area contributed by atoms with Gasteiger partial charge in [0, 0.05) is 4.47 Å². The Morgan fingerprint density at radius 2 is 1.81 bits per heavy atom. The first-order valence-electron chi connectivity index (χ1n) is 6.78. The van der Waals surface area contributed by atoms with Gasteiger partial charge in [-0.3, -0.25) is 0 Å². The van der Waals surface area contributed by atoms with Gasteiger partial charge in [-0.25, -0.2) is 13.1 Å². The van der Waals surface area contributed by atoms with Gasteiger partial charge in [-0.2, -0.15) is 0 Å². The lowest BCUT2D eigenvalue weighted by atomic mass is 10.1. The first kappa shape index (κ1) is 14.8. The Balaban J connectivity index is 1.92. The zero-order valence-electron chi connectivity index (χ0n) is 11.6. The Labute approximate surface area is 133 Å². The maximum absolute atomic E-state index is 12.6. The molecule has 0 bridgehead atoms. The molecule has 0 radical (unpaired) electrons. The molecule has 0 aromatic heterocycles. The maximum atomic E-state index is 12.6. The summed E-state index contributed by atoms with van der Waals surface area (Å²) in [5, 5.41) is 0. The highest BCUT2D eigenvalue weighted by atomic mass is 79.9. The SMILES string of the molecule is Cc1cccc(S(=O)(=O)NC2(c3cccc(Br)c3)CC2)c1. The highest BCUT2D eigenvalue weighted by Gasteiger charge is 2.47. The lowest BCUT2D eigenvalue weighted by molar-refractivity contribution is 0.551. The fourth-order valence-electron chi connectivity index (χ4n) is 2.46. The Morgan fingerprint density at radius 1 is 1.10 bits per heavy atom. The molecule has 1 saturated carbocycles. The molecule has 0 atom stereocenters. The van der Waals surface area contributed by atoms with Crippen molar-refractivity contribution < 1.29 is 8.42 Å². The zero-order chi connectivity index (χ0) is 15.1. The van der Waals surface area contributed by atoms with Gasteiger partial charge >= 0.3 is 0 Å². The smallest absolute Gasteiger partial charge is 0.207 e. The average molecular weight is 366 g/mol. The minimum atomic E-state index is -3.50. The molecule has 1 aliphatic carbocycles. The van der Waals surface area contributed by atoms with E-state index in [2.05, 4.69) is 20.7 Å². The minimum Gasteiger partial charge on any atom is -0.207 e. The number of halogens is 1. The first-order chi connectivity index (χ1) is 9.91. The number of aryl methyl sites for hydroxylation is 1. The minimum absolute atomic E-state index is 0.323. The second-order valence-corrected chi connectivity index (χ2v) is 8.11. The van der Waals surface area contributed by atoms with Crippen LogP contribution in [0.4, 0.5) is 0 Å². The quantitative estimate of drug-likeness (QED) is 0.897. The molecule has 2 aromatic carbocycles. The largest absolute Gasteiger partial charge is 0.241 e. The van der Waals surface area contributed by atoms with E-state index in [1.54, 1.807) is 18.2 Å². The molecule has 5 heteroatoms. The van der Waals surface area contributed by atoms with Crippen LogP contribution >= 0.6 is 15.9 Å². The van der Waals surface area contributed by atoms with E-state index in [4.69, 9.17) is 0 Å². The lowest BCUT2D eigenvalue weighted by Crippen LogP contribution is -2.34. The van der Waals surface area contributed by atoms with Gasteiger partial charge in [-0.05, 0) is 55.2 Å². The van der Waals surface area contributed by atoms with Gasteiger partial charge in [-0.1, -0.05) is 40.2 Å². The number of hydrogen-bond acceptors (Lipinski definition) is 2. The van der Waals surface area contributed by atoms with Crippen molar-refractivity contribution in [3.05, 3.63) is 64.1 Å². The summed E-state index contributed by atoms with van der Waals surface area (Å²) in [7, 11) is -3.50. The topological polar surface area (TPSA) is 46.2 Å². The van der Waals surface area contributed by atoms with Crippen LogP contribution in [-0.4, -0.2) is 8.42 Å². The van der Waals surface area contributed by atoms with Gasteiger partial charge in [0.2, 0.25) is 10.0 Å². The van der Waals surface area contributed by atoms with Crippen molar-refractivity contribution in [2.75, 3.05) is 0 Å². The molecule has 0 heterocycles. The van der Waals surface area contributed by atoms with Crippen LogP contribution in [0.5, 0.6) is 0 Å². The molecule has 0 spiro atoms. The van der Waals surface area contributed by atoms with E-state index in [1.165, 1.54) is 0 Å². The molecule has 0 amide bonds. The molecule has 0 unspecified atom stereocenters. The third-order valence-electron chi connectivity index (χ3n) is 3.76. The second-order valence-electron chi connectivity index (χ2n) is 5.51. The fraction of sp³-hybridized carbons (Fsp3) is 0.250. The molecule has 0 aliphatic heterocycles. The van der Waals surface area contributed by atoms with E-state index in [1.807, 2.05) is 37.3 Å². The van der Waals surface area contributed by atoms with Crippen LogP contribution in [0.15, 0.2) is 57.9 Å². The maximum Gasteiger partial charge on any atom is 0.241 e. The molecule has 0 saturated heterocycles. The molecule has 1 N–H and O–H groups in total. The van der Waals surface area contributed by atoms with Crippen LogP contribution in [0.3, 0.4) is 0 Å². The summed E-state index contributed by atoms with van der Waals surface area (Å²) in [4.78, 5) is 0.323. The Kier molecular flexibility index (Phi) is 3.67. The molecule has 3 nitrogen and oxygen atoms in total. The van der Waals surface area contributed by atoms with Crippen molar-refractivity contribution in [3.8, 4) is 0 Å². The van der Waals surface area contributed by atoms with E-state index < -0.39 is 15.6 Å². The summed E-state index contributed by atoms with van der Waals surface area (Å²) >= 11 is 3.44. The summed E-state index contributed by atoms with van der Waals surface area (Å²) < 4.78 is 29.0. The summed E-state index contributed by atoms with van der Waals surface area (Å²) in [5.74, 6) is 0. The van der Waals surface area contributed by atoms with Crippen molar-refractivity contribution in [1.82, 2.24) is 4.72 Å². The van der Waals surface area contributed by atoms with Crippen molar-refractivity contribution in [2.24, 2.45) is 0 Å². The normalized spacial score (nSPS) is 16.7. The number of hydrogen-bond donors (Lipinski definition) is 1. The summed E-state index contributed by atoms with van der Waals surface area (Å²) in [6, 6.07) is 14.8. The molecular formula is C16H16BrNO2S. The lowest BCUT2D eigenvalue weighted by Gasteiger charge is -2.18. The number of nitrogens with one attached hydrogen (secondary N) is 1. The van der Waals surface area contributed by atoms with E-state index in [0.29, 0.717) is 4.90 Å². The van der Waals surface area contributed by atoms with E-state index in [9.17, 15) is 8.42 Å². The molecular weight excluding hydrogens is 350 g/mol. The van der Waals surface area contributed by atoms with Crippen molar-refractivity contribution in [3.63, 3.8) is 0 Å². The Hall–Kier alpha value is -1.17. The van der Waals surface area contributed by atoms with Crippen LogP contribution in [0.25, 0.3) is 0 Å². The van der Waals surface area contributed by atoms with E-state index in [0.717, 1.165) is 28.4 Å². The Bertz CT molecular complexity index is 782. The molecule has 110 valence electrons. The van der Waals surface area contributed by atoms with Gasteiger partial charge in [-0.15, -0.1) is 0 Å². The average Bonchev–Trinajstić information content (AvgIpc) is 3.19. The van der Waals surface area contributed by atoms with Crippen molar-refractivity contribution in [2.45, 2.75) is 30.2 Å². The number of rotatable bonds is 4. The van der Waals surface area contributed by atoms with Gasteiger partial charge in [0.15, 0.2) is 0 Å². The summed E-state index contributed by atoms with van der Waals surface area (Å²) in [5.41, 5.74) is 1.49. The fourth-order valence-corrected chi connectivity index (χ4v) is 4.41. The zero-order valence-corrected chi connectivity index (χ0v) is 14.0. The monoisotopic (exact) mass is 365 g/mol. The summed E-state index contributed by atoms with van der Waals surface area (Å²) in [6.45, 7) is 1.89. The van der Waals surface area contributed by atoms with Gasteiger partial charge < -0.3 is 0 Å². The molecule has 21 heavy (non-hydrogen) atoms. The second kappa shape index (κ2) is 5.23. The molecule has 3 rings (SSSR count). The predicted molar refractivity (Wildman–Crippen MR) is 86.6 cm³/mol. The highest BCUT2D eigenvalue weighted by Crippen LogP contribution is 2.47. The first-order valence-corrected chi connectivity index (χ1v) is 9.06. The van der Waals surface area contributed by atoms with Crippen LogP contribution in [-0.2, 0) is 15.6 Å². The van der Waals surface area contributed by atoms with Crippen LogP contribution in [0.1, 0.15) is 24.0 Å². The molecule has 1 fully saturated rings. The van der Waals surface area contributed by atoms with Crippen LogP contribution in [0.2, 0.25) is 0 Å². The van der Waals surface area contributed by atoms with Crippen molar-refractivity contribution >= 4 is 26.0 Å². The van der Waals surface area contributed by atoms with Gasteiger partial charge in [0.05, 0.1) is 10.4 Å². The van der Waals surface area contributed by atoms with E-state index in [-0.39, 0.29) is 0 Å². The predicted octanol–water partition coefficient (Wildman–Crippen LogP) is 3.73. The summed E-state index contributed by atoms with van der Waals surface area (Å²) in [6.07, 6.45) is 1.66. The number of benzene rings is 2. The van der Waals surface area contributed by atoms with Crippen LogP contribution in [0, 0.1) is 6.92 Å². The third kappa shape index (κ3) is 3.05. The highest BCUT2D eigenvalue weighted by molar-refractivity contribution is 9.10. The standard InChI is InChI=1S/C16H16BrNO2S/c1-12-4-2-7-15(10-12)21(19,20)18-16(8-9-16)13-5-3-6-14(17)11-13/h2-7,10-11,18H,8-9H2,1H3. The number of sulfonamides is 1. The van der Waals surface area contributed by atoms with E-state index >= 15 is 0 Å².